The number of rotatable bonds is 4. The van der Waals surface area contributed by atoms with Crippen LogP contribution in [0.15, 0.2) is 21.8 Å². The average molecular weight is 485 g/mol. The summed E-state index contributed by atoms with van der Waals surface area (Å²) in [5.74, 6) is -4.47. The number of aromatic nitrogens is 2. The molecule has 170 valence electrons. The molecule has 12 heteroatoms. The Morgan fingerprint density at radius 2 is 1.81 bits per heavy atom. The third-order valence-corrected chi connectivity index (χ3v) is 9.05. The number of nitrogens with zero attached hydrogens (tertiary/aromatic N) is 3. The van der Waals surface area contributed by atoms with Crippen LogP contribution in [0.5, 0.6) is 0 Å². The van der Waals surface area contributed by atoms with Gasteiger partial charge in [-0.15, -0.1) is 11.3 Å². The summed E-state index contributed by atoms with van der Waals surface area (Å²) in [5, 5.41) is 0.677. The third kappa shape index (κ3) is 3.54. The molecular weight excluding hydrogens is 465 g/mol. The zero-order valence-electron chi connectivity index (χ0n) is 16.8. The second kappa shape index (κ2) is 7.94. The molecule has 1 N–H and O–H groups in total. The highest BCUT2D eigenvalue weighted by molar-refractivity contribution is 7.89. The third-order valence-electron chi connectivity index (χ3n) is 5.95. The summed E-state index contributed by atoms with van der Waals surface area (Å²) in [6.45, 7) is 1.04. The predicted octanol–water partition coefficient (Wildman–Crippen LogP) is 2.40. The first-order valence-corrected chi connectivity index (χ1v) is 12.4. The lowest BCUT2D eigenvalue weighted by atomic mass is 10.2. The monoisotopic (exact) mass is 484 g/mol. The molecule has 3 heterocycles. The van der Waals surface area contributed by atoms with Crippen molar-refractivity contribution in [3.05, 3.63) is 56.2 Å². The number of H-pyrrole nitrogens is 1. The summed E-state index contributed by atoms with van der Waals surface area (Å²) < 4.78 is 67.2. The van der Waals surface area contributed by atoms with Gasteiger partial charge in [0.25, 0.3) is 5.56 Å². The van der Waals surface area contributed by atoms with E-state index in [1.54, 1.807) is 11.3 Å². The number of sulfonamides is 1. The van der Waals surface area contributed by atoms with E-state index in [2.05, 4.69) is 9.97 Å². The second-order valence-corrected chi connectivity index (χ2v) is 10.9. The molecule has 1 aliphatic carbocycles. The first-order valence-electron chi connectivity index (χ1n) is 10.1. The predicted molar refractivity (Wildman–Crippen MR) is 113 cm³/mol. The summed E-state index contributed by atoms with van der Waals surface area (Å²) in [5.41, 5.74) is 0.952. The van der Waals surface area contributed by atoms with E-state index in [-0.39, 0.29) is 18.6 Å². The van der Waals surface area contributed by atoms with Gasteiger partial charge in [-0.05, 0) is 37.0 Å². The number of halogens is 3. The molecule has 32 heavy (non-hydrogen) atoms. The molecule has 0 amide bonds. The van der Waals surface area contributed by atoms with E-state index in [0.717, 1.165) is 40.0 Å². The van der Waals surface area contributed by atoms with Gasteiger partial charge in [0.15, 0.2) is 17.5 Å². The highest BCUT2D eigenvalue weighted by atomic mass is 32.2. The highest BCUT2D eigenvalue weighted by Crippen LogP contribution is 2.34. The van der Waals surface area contributed by atoms with Gasteiger partial charge >= 0.3 is 0 Å². The number of fused-ring (bicyclic) bond motifs is 3. The molecule has 2 aromatic heterocycles. The number of piperazine rings is 1. The molecule has 0 atom stereocenters. The number of hydrogen-bond donors (Lipinski definition) is 1. The Morgan fingerprint density at radius 3 is 2.56 bits per heavy atom. The van der Waals surface area contributed by atoms with Crippen molar-refractivity contribution in [3.8, 4) is 0 Å². The maximum absolute atomic E-state index is 14.0. The van der Waals surface area contributed by atoms with E-state index < -0.39 is 32.4 Å². The SMILES string of the molecule is O=c1[nH]c(CN2CCN(S(=O)(=O)c3ccc(F)c(F)c3F)CC2)nc2sc3c(c12)CCC3. The van der Waals surface area contributed by atoms with Gasteiger partial charge in [-0.3, -0.25) is 9.69 Å². The van der Waals surface area contributed by atoms with Gasteiger partial charge in [-0.25, -0.2) is 26.6 Å². The zero-order chi connectivity index (χ0) is 22.6. The Hall–Kier alpha value is -2.28. The Bertz CT molecular complexity index is 1380. The van der Waals surface area contributed by atoms with E-state index in [0.29, 0.717) is 36.9 Å². The number of aromatic amines is 1. The molecule has 0 saturated carbocycles. The van der Waals surface area contributed by atoms with Crippen molar-refractivity contribution in [2.24, 2.45) is 0 Å². The van der Waals surface area contributed by atoms with Crippen molar-refractivity contribution in [1.29, 1.82) is 0 Å². The minimum Gasteiger partial charge on any atom is -0.309 e. The topological polar surface area (TPSA) is 86.4 Å². The largest absolute Gasteiger partial charge is 0.309 e. The summed E-state index contributed by atoms with van der Waals surface area (Å²) in [7, 11) is -4.31. The smallest absolute Gasteiger partial charge is 0.259 e. The minimum absolute atomic E-state index is 0.0422. The molecule has 1 fully saturated rings. The van der Waals surface area contributed by atoms with Gasteiger partial charge in [0.1, 0.15) is 15.6 Å². The molecule has 7 nitrogen and oxygen atoms in total. The Morgan fingerprint density at radius 1 is 1.06 bits per heavy atom. The van der Waals surface area contributed by atoms with Crippen molar-refractivity contribution in [3.63, 3.8) is 0 Å². The van der Waals surface area contributed by atoms with Gasteiger partial charge in [-0.2, -0.15) is 4.31 Å². The van der Waals surface area contributed by atoms with E-state index in [1.165, 1.54) is 4.88 Å². The molecule has 0 bridgehead atoms. The van der Waals surface area contributed by atoms with E-state index in [4.69, 9.17) is 0 Å². The van der Waals surface area contributed by atoms with Crippen molar-refractivity contribution in [1.82, 2.24) is 19.2 Å². The zero-order valence-corrected chi connectivity index (χ0v) is 18.5. The molecule has 3 aromatic rings. The van der Waals surface area contributed by atoms with Crippen molar-refractivity contribution >= 4 is 31.6 Å². The Kier molecular flexibility index (Phi) is 5.35. The average Bonchev–Trinajstić information content (AvgIpc) is 3.33. The summed E-state index contributed by atoms with van der Waals surface area (Å²) in [6.07, 6.45) is 2.93. The number of nitrogens with one attached hydrogen (secondary N) is 1. The van der Waals surface area contributed by atoms with Crippen LogP contribution >= 0.6 is 11.3 Å². The molecule has 1 saturated heterocycles. The van der Waals surface area contributed by atoms with Crippen molar-refractivity contribution in [2.75, 3.05) is 26.2 Å². The van der Waals surface area contributed by atoms with Gasteiger partial charge in [0, 0.05) is 31.1 Å². The molecule has 1 aromatic carbocycles. The quantitative estimate of drug-likeness (QED) is 0.575. The molecule has 0 radical (unpaired) electrons. The fraction of sp³-hybridized carbons (Fsp3) is 0.400. The summed E-state index contributed by atoms with van der Waals surface area (Å²) >= 11 is 1.55. The van der Waals surface area contributed by atoms with Crippen LogP contribution in [0.4, 0.5) is 13.2 Å². The van der Waals surface area contributed by atoms with Crippen molar-refractivity contribution in [2.45, 2.75) is 30.7 Å². The normalized spacial score (nSPS) is 17.8. The van der Waals surface area contributed by atoms with Crippen LogP contribution in [-0.4, -0.2) is 53.8 Å². The van der Waals surface area contributed by atoms with Gasteiger partial charge in [0.2, 0.25) is 10.0 Å². The lowest BCUT2D eigenvalue weighted by molar-refractivity contribution is 0.178. The maximum atomic E-state index is 14.0. The van der Waals surface area contributed by atoms with Crippen LogP contribution < -0.4 is 5.56 Å². The Balaban J connectivity index is 1.30. The maximum Gasteiger partial charge on any atom is 0.259 e. The molecule has 0 unspecified atom stereocenters. The first kappa shape index (κ1) is 21.6. The van der Waals surface area contributed by atoms with Crippen LogP contribution in [-0.2, 0) is 29.4 Å². The summed E-state index contributed by atoms with van der Waals surface area (Å²) in [4.78, 5) is 23.0. The van der Waals surface area contributed by atoms with Crippen LogP contribution in [0.1, 0.15) is 22.7 Å². The summed E-state index contributed by atoms with van der Waals surface area (Å²) in [6, 6.07) is 1.33. The molecule has 5 rings (SSSR count). The number of hydrogen-bond acceptors (Lipinski definition) is 6. The number of benzene rings is 1. The van der Waals surface area contributed by atoms with Gasteiger partial charge in [-0.1, -0.05) is 0 Å². The van der Waals surface area contributed by atoms with Gasteiger partial charge < -0.3 is 4.98 Å². The van der Waals surface area contributed by atoms with E-state index >= 15 is 0 Å². The van der Waals surface area contributed by atoms with Crippen LogP contribution in [0, 0.1) is 17.5 Å². The van der Waals surface area contributed by atoms with Crippen LogP contribution in [0.2, 0.25) is 0 Å². The van der Waals surface area contributed by atoms with E-state index in [1.807, 2.05) is 4.90 Å². The molecule has 2 aliphatic rings. The fourth-order valence-electron chi connectivity index (χ4n) is 4.31. The standard InChI is InChI=1S/C20H19F3N4O3S2/c21-12-4-5-14(18(23)17(12)22)32(29,30)27-8-6-26(7-9-27)10-15-24-19(28)16-11-2-1-3-13(11)31-20(16)25-15/h4-5H,1-3,6-10H2,(H,24,25,28). The number of thiophene rings is 1. The van der Waals surface area contributed by atoms with Crippen LogP contribution in [0.3, 0.4) is 0 Å². The lowest BCUT2D eigenvalue weighted by Crippen LogP contribution is -2.48. The molecule has 0 spiro atoms. The van der Waals surface area contributed by atoms with Crippen LogP contribution in [0.25, 0.3) is 10.2 Å². The number of aryl methyl sites for hydroxylation is 2. The van der Waals surface area contributed by atoms with Crippen molar-refractivity contribution < 1.29 is 21.6 Å². The molecule has 1 aliphatic heterocycles. The second-order valence-electron chi connectivity index (χ2n) is 7.90. The molecular formula is C20H19F3N4O3S2. The van der Waals surface area contributed by atoms with Gasteiger partial charge in [0.05, 0.1) is 11.9 Å². The van der Waals surface area contributed by atoms with E-state index in [9.17, 15) is 26.4 Å². The first-order chi connectivity index (χ1) is 15.3. The lowest BCUT2D eigenvalue weighted by Gasteiger charge is -2.33. The minimum atomic E-state index is -4.31. The fourth-order valence-corrected chi connectivity index (χ4v) is 7.07. The Labute approximate surface area is 185 Å². The highest BCUT2D eigenvalue weighted by Gasteiger charge is 2.32.